The van der Waals surface area contributed by atoms with Gasteiger partial charge in [0.15, 0.2) is 6.10 Å². The highest BCUT2D eigenvalue weighted by Gasteiger charge is 2.34. The molecule has 1 amide bonds. The van der Waals surface area contributed by atoms with Crippen LogP contribution in [0.2, 0.25) is 0 Å². The molecule has 0 spiro atoms. The van der Waals surface area contributed by atoms with Gasteiger partial charge in [0, 0.05) is 0 Å². The molecule has 0 radical (unpaired) electrons. The number of carboxylic acids is 1. The Labute approximate surface area is 107 Å². The summed E-state index contributed by atoms with van der Waals surface area (Å²) >= 11 is 0. The Morgan fingerprint density at radius 3 is 2.44 bits per heavy atom. The van der Waals surface area contributed by atoms with E-state index in [0.717, 1.165) is 0 Å². The lowest BCUT2D eigenvalue weighted by molar-refractivity contribution is -0.149. The van der Waals surface area contributed by atoms with Gasteiger partial charge < -0.3 is 19.9 Å². The van der Waals surface area contributed by atoms with Crippen LogP contribution in [0, 0.1) is 0 Å². The number of aliphatic carboxylic acids is 1. The molecule has 104 valence electrons. The topological polar surface area (TPSA) is 84.9 Å². The van der Waals surface area contributed by atoms with Gasteiger partial charge in [0.1, 0.15) is 5.60 Å². The Balaban J connectivity index is 2.40. The second kappa shape index (κ2) is 5.56. The summed E-state index contributed by atoms with van der Waals surface area (Å²) in [6.07, 6.45) is -0.470. The number of carbonyl (C=O) groups is 2. The van der Waals surface area contributed by atoms with Crippen LogP contribution in [0.25, 0.3) is 0 Å². The van der Waals surface area contributed by atoms with Crippen LogP contribution in [0.15, 0.2) is 0 Å². The monoisotopic (exact) mass is 259 g/mol. The zero-order valence-corrected chi connectivity index (χ0v) is 11.2. The SMILES string of the molecule is C[C@H](NC(=O)OC(C)(C)C)[C@@H]1CC[C@@H](C(=O)O)O1. The fourth-order valence-corrected chi connectivity index (χ4v) is 1.80. The molecule has 1 saturated heterocycles. The van der Waals surface area contributed by atoms with Crippen molar-refractivity contribution in [2.24, 2.45) is 0 Å². The molecule has 1 aliphatic rings. The van der Waals surface area contributed by atoms with E-state index < -0.39 is 23.8 Å². The lowest BCUT2D eigenvalue weighted by atomic mass is 10.1. The smallest absolute Gasteiger partial charge is 0.407 e. The van der Waals surface area contributed by atoms with E-state index in [1.807, 2.05) is 0 Å². The van der Waals surface area contributed by atoms with E-state index in [9.17, 15) is 9.59 Å². The molecule has 1 aliphatic heterocycles. The van der Waals surface area contributed by atoms with Crippen molar-refractivity contribution in [2.75, 3.05) is 0 Å². The molecule has 0 unspecified atom stereocenters. The Morgan fingerprint density at radius 2 is 2.00 bits per heavy atom. The standard InChI is InChI=1S/C12H21NO5/c1-7(13-11(16)18-12(2,3)4)8-5-6-9(17-8)10(14)15/h7-9H,5-6H2,1-4H3,(H,13,16)(H,14,15)/t7-,8-,9-/m0/s1. The Hall–Kier alpha value is -1.30. The molecule has 18 heavy (non-hydrogen) atoms. The number of amides is 1. The first-order chi connectivity index (χ1) is 8.19. The molecule has 0 saturated carbocycles. The van der Waals surface area contributed by atoms with Crippen molar-refractivity contribution in [3.05, 3.63) is 0 Å². The predicted molar refractivity (Wildman–Crippen MR) is 64.4 cm³/mol. The van der Waals surface area contributed by atoms with Crippen LogP contribution < -0.4 is 5.32 Å². The quantitative estimate of drug-likeness (QED) is 0.803. The molecule has 0 aromatic carbocycles. The Morgan fingerprint density at radius 1 is 1.39 bits per heavy atom. The van der Waals surface area contributed by atoms with Crippen molar-refractivity contribution in [2.45, 2.75) is 64.4 Å². The maximum atomic E-state index is 11.5. The Kier molecular flexibility index (Phi) is 4.56. The minimum Gasteiger partial charge on any atom is -0.479 e. The molecule has 3 atom stereocenters. The molecule has 0 aromatic rings. The summed E-state index contributed by atoms with van der Waals surface area (Å²) in [5.41, 5.74) is -0.552. The third-order valence-corrected chi connectivity index (χ3v) is 2.63. The highest BCUT2D eigenvalue weighted by molar-refractivity contribution is 5.72. The third kappa shape index (κ3) is 4.52. The van der Waals surface area contributed by atoms with Crippen molar-refractivity contribution in [3.8, 4) is 0 Å². The average Bonchev–Trinajstić information content (AvgIpc) is 2.62. The lowest BCUT2D eigenvalue weighted by Gasteiger charge is -2.24. The average molecular weight is 259 g/mol. The van der Waals surface area contributed by atoms with Gasteiger partial charge in [-0.2, -0.15) is 0 Å². The van der Waals surface area contributed by atoms with Crippen molar-refractivity contribution in [1.29, 1.82) is 0 Å². The second-order valence-electron chi connectivity index (χ2n) is 5.51. The largest absolute Gasteiger partial charge is 0.479 e. The summed E-state index contributed by atoms with van der Waals surface area (Å²) in [5, 5.41) is 11.5. The minimum atomic E-state index is -0.957. The van der Waals surface area contributed by atoms with Crippen LogP contribution in [-0.4, -0.2) is 41.0 Å². The zero-order chi connectivity index (χ0) is 13.9. The molecule has 6 heteroatoms. The summed E-state index contributed by atoms with van der Waals surface area (Å²) in [5.74, 6) is -0.957. The first-order valence-corrected chi connectivity index (χ1v) is 6.07. The van der Waals surface area contributed by atoms with Crippen LogP contribution >= 0.6 is 0 Å². The van der Waals surface area contributed by atoms with Gasteiger partial charge in [0.05, 0.1) is 12.1 Å². The van der Waals surface area contributed by atoms with E-state index in [2.05, 4.69) is 5.32 Å². The van der Waals surface area contributed by atoms with Crippen molar-refractivity contribution < 1.29 is 24.2 Å². The van der Waals surface area contributed by atoms with E-state index >= 15 is 0 Å². The van der Waals surface area contributed by atoms with Gasteiger partial charge in [0.25, 0.3) is 0 Å². The van der Waals surface area contributed by atoms with Gasteiger partial charge in [-0.05, 0) is 40.5 Å². The maximum absolute atomic E-state index is 11.5. The first-order valence-electron chi connectivity index (χ1n) is 6.07. The summed E-state index contributed by atoms with van der Waals surface area (Å²) in [6, 6.07) is -0.274. The van der Waals surface area contributed by atoms with Crippen LogP contribution in [-0.2, 0) is 14.3 Å². The Bertz CT molecular complexity index is 323. The molecule has 0 aromatic heterocycles. The van der Waals surface area contributed by atoms with Gasteiger partial charge in [-0.15, -0.1) is 0 Å². The molecule has 0 bridgehead atoms. The van der Waals surface area contributed by atoms with Gasteiger partial charge in [-0.1, -0.05) is 0 Å². The first kappa shape index (κ1) is 14.8. The van der Waals surface area contributed by atoms with Crippen LogP contribution in [0.4, 0.5) is 4.79 Å². The molecule has 1 heterocycles. The van der Waals surface area contributed by atoms with Crippen LogP contribution in [0.3, 0.4) is 0 Å². The number of hydrogen-bond acceptors (Lipinski definition) is 4. The van der Waals surface area contributed by atoms with Gasteiger partial charge in [-0.3, -0.25) is 0 Å². The summed E-state index contributed by atoms with van der Waals surface area (Å²) in [7, 11) is 0. The minimum absolute atomic E-state index is 0.274. The maximum Gasteiger partial charge on any atom is 0.407 e. The summed E-state index contributed by atoms with van der Waals surface area (Å²) in [4.78, 5) is 22.3. The lowest BCUT2D eigenvalue weighted by Crippen LogP contribution is -2.43. The van der Waals surface area contributed by atoms with Crippen LogP contribution in [0.1, 0.15) is 40.5 Å². The molecule has 6 nitrogen and oxygen atoms in total. The normalized spacial score (nSPS) is 25.6. The molecular weight excluding hydrogens is 238 g/mol. The molecule has 2 N–H and O–H groups in total. The number of nitrogens with one attached hydrogen (secondary N) is 1. The number of alkyl carbamates (subject to hydrolysis) is 1. The molecule has 1 fully saturated rings. The number of ether oxygens (including phenoxy) is 2. The summed E-state index contributed by atoms with van der Waals surface area (Å²) < 4.78 is 10.5. The van der Waals surface area contributed by atoms with Crippen LogP contribution in [0.5, 0.6) is 0 Å². The van der Waals surface area contributed by atoms with Gasteiger partial charge in [0.2, 0.25) is 0 Å². The predicted octanol–water partition coefficient (Wildman–Crippen LogP) is 1.53. The van der Waals surface area contributed by atoms with E-state index in [0.29, 0.717) is 12.8 Å². The van der Waals surface area contributed by atoms with Crippen molar-refractivity contribution >= 4 is 12.1 Å². The molecular formula is C12H21NO5. The van der Waals surface area contributed by atoms with Gasteiger partial charge >= 0.3 is 12.1 Å². The van der Waals surface area contributed by atoms with E-state index in [1.165, 1.54) is 0 Å². The van der Waals surface area contributed by atoms with Crippen molar-refractivity contribution in [1.82, 2.24) is 5.32 Å². The summed E-state index contributed by atoms with van der Waals surface area (Å²) in [6.45, 7) is 7.12. The van der Waals surface area contributed by atoms with E-state index in [1.54, 1.807) is 27.7 Å². The molecule has 0 aliphatic carbocycles. The van der Waals surface area contributed by atoms with Gasteiger partial charge in [-0.25, -0.2) is 9.59 Å². The molecule has 1 rings (SSSR count). The number of rotatable bonds is 3. The van der Waals surface area contributed by atoms with E-state index in [-0.39, 0.29) is 12.1 Å². The fraction of sp³-hybridized carbons (Fsp3) is 0.833. The fourth-order valence-electron chi connectivity index (χ4n) is 1.80. The number of hydrogen-bond donors (Lipinski definition) is 2. The second-order valence-corrected chi connectivity index (χ2v) is 5.51. The highest BCUT2D eigenvalue weighted by Crippen LogP contribution is 2.22. The van der Waals surface area contributed by atoms with E-state index in [4.69, 9.17) is 14.6 Å². The third-order valence-electron chi connectivity index (χ3n) is 2.63. The number of carboxylic acid groups (broad SMARTS) is 1. The number of carbonyl (C=O) groups excluding carboxylic acids is 1. The van der Waals surface area contributed by atoms with Crippen molar-refractivity contribution in [3.63, 3.8) is 0 Å². The zero-order valence-electron chi connectivity index (χ0n) is 11.2. The highest BCUT2D eigenvalue weighted by atomic mass is 16.6.